The Morgan fingerprint density at radius 2 is 1.68 bits per heavy atom. The van der Waals surface area contributed by atoms with Crippen molar-refractivity contribution in [1.29, 1.82) is 0 Å². The molecular weight excluding hydrogens is 426 g/mol. The van der Waals surface area contributed by atoms with Crippen LogP contribution in [0.15, 0.2) is 66.7 Å². The van der Waals surface area contributed by atoms with E-state index in [0.29, 0.717) is 18.7 Å². The van der Waals surface area contributed by atoms with Gasteiger partial charge in [-0.3, -0.25) is 4.79 Å². The van der Waals surface area contributed by atoms with Crippen LogP contribution in [0, 0.1) is 13.8 Å². The quantitative estimate of drug-likeness (QED) is 0.322. The standard InChI is InChI=1S/C28H31N3O3/c1-20-9-8-10-21(2)27(20)34-18-7-6-17-31-25-12-5-4-11-24(25)30-26(31)19-29-28(32)22-13-15-23(33-3)16-14-22/h4-5,8-16H,6-7,17-19H2,1-3H3,(H,29,32). The van der Waals surface area contributed by atoms with Crippen LogP contribution < -0.4 is 14.8 Å². The minimum Gasteiger partial charge on any atom is -0.497 e. The van der Waals surface area contributed by atoms with Crippen LogP contribution in [0.2, 0.25) is 0 Å². The molecule has 6 heteroatoms. The lowest BCUT2D eigenvalue weighted by Crippen LogP contribution is -2.24. The molecule has 6 nitrogen and oxygen atoms in total. The van der Waals surface area contributed by atoms with Crippen molar-refractivity contribution in [2.45, 2.75) is 39.8 Å². The molecule has 1 amide bonds. The topological polar surface area (TPSA) is 65.4 Å². The third-order valence-electron chi connectivity index (χ3n) is 5.92. The van der Waals surface area contributed by atoms with Crippen LogP contribution >= 0.6 is 0 Å². The van der Waals surface area contributed by atoms with E-state index in [1.807, 2.05) is 18.2 Å². The predicted octanol–water partition coefficient (Wildman–Crippen LogP) is 5.45. The number of benzene rings is 3. The van der Waals surface area contributed by atoms with Crippen molar-refractivity contribution in [3.8, 4) is 11.5 Å². The molecule has 4 aromatic rings. The molecule has 0 bridgehead atoms. The fourth-order valence-corrected chi connectivity index (χ4v) is 4.09. The number of methoxy groups -OCH3 is 1. The summed E-state index contributed by atoms with van der Waals surface area (Å²) in [7, 11) is 1.61. The van der Waals surface area contributed by atoms with Crippen LogP contribution in [-0.2, 0) is 13.1 Å². The smallest absolute Gasteiger partial charge is 0.251 e. The summed E-state index contributed by atoms with van der Waals surface area (Å²) in [5.41, 5.74) is 4.92. The van der Waals surface area contributed by atoms with Gasteiger partial charge >= 0.3 is 0 Å². The van der Waals surface area contributed by atoms with Crippen molar-refractivity contribution >= 4 is 16.9 Å². The summed E-state index contributed by atoms with van der Waals surface area (Å²) < 4.78 is 13.4. The molecule has 0 aliphatic carbocycles. The van der Waals surface area contributed by atoms with E-state index in [9.17, 15) is 4.79 Å². The lowest BCUT2D eigenvalue weighted by atomic mass is 10.1. The molecule has 1 aromatic heterocycles. The number of para-hydroxylation sites is 3. The molecule has 0 spiro atoms. The van der Waals surface area contributed by atoms with E-state index < -0.39 is 0 Å². The number of carbonyl (C=O) groups excluding carboxylic acids is 1. The van der Waals surface area contributed by atoms with E-state index >= 15 is 0 Å². The number of amides is 1. The molecule has 1 N–H and O–H groups in total. The van der Waals surface area contributed by atoms with Crippen molar-refractivity contribution in [3.05, 3.63) is 89.2 Å². The van der Waals surface area contributed by atoms with E-state index in [0.717, 1.165) is 58.9 Å². The zero-order valence-electron chi connectivity index (χ0n) is 20.0. The Labute approximate surface area is 200 Å². The number of nitrogens with one attached hydrogen (secondary N) is 1. The molecule has 3 aromatic carbocycles. The lowest BCUT2D eigenvalue weighted by Gasteiger charge is -2.13. The summed E-state index contributed by atoms with van der Waals surface area (Å²) in [4.78, 5) is 17.4. The van der Waals surface area contributed by atoms with Crippen LogP contribution in [0.4, 0.5) is 0 Å². The minimum absolute atomic E-state index is 0.136. The molecule has 0 radical (unpaired) electrons. The summed E-state index contributed by atoms with van der Waals surface area (Å²) in [6.07, 6.45) is 1.88. The van der Waals surface area contributed by atoms with Gasteiger partial charge in [-0.2, -0.15) is 0 Å². The van der Waals surface area contributed by atoms with Gasteiger partial charge in [0.1, 0.15) is 17.3 Å². The molecule has 176 valence electrons. The molecule has 0 unspecified atom stereocenters. The van der Waals surface area contributed by atoms with Gasteiger partial charge in [-0.1, -0.05) is 30.3 Å². The molecule has 34 heavy (non-hydrogen) atoms. The highest BCUT2D eigenvalue weighted by atomic mass is 16.5. The van der Waals surface area contributed by atoms with Crippen molar-refractivity contribution in [1.82, 2.24) is 14.9 Å². The third-order valence-corrected chi connectivity index (χ3v) is 5.92. The number of aryl methyl sites for hydroxylation is 3. The van der Waals surface area contributed by atoms with Gasteiger partial charge in [0.2, 0.25) is 0 Å². The average molecular weight is 458 g/mol. The maximum Gasteiger partial charge on any atom is 0.251 e. The highest BCUT2D eigenvalue weighted by Gasteiger charge is 2.13. The Kier molecular flexibility index (Phi) is 7.48. The van der Waals surface area contributed by atoms with E-state index in [1.165, 1.54) is 0 Å². The molecule has 4 rings (SSSR count). The number of hydrogen-bond acceptors (Lipinski definition) is 4. The number of hydrogen-bond donors (Lipinski definition) is 1. The van der Waals surface area contributed by atoms with Gasteiger partial charge in [-0.25, -0.2) is 4.98 Å². The number of carbonyl (C=O) groups is 1. The Hall–Kier alpha value is -3.80. The van der Waals surface area contributed by atoms with Crippen molar-refractivity contribution in [2.24, 2.45) is 0 Å². The van der Waals surface area contributed by atoms with Crippen LogP contribution in [-0.4, -0.2) is 29.2 Å². The summed E-state index contributed by atoms with van der Waals surface area (Å²) in [6.45, 7) is 5.99. The van der Waals surface area contributed by atoms with E-state index in [-0.39, 0.29) is 5.91 Å². The summed E-state index contributed by atoms with van der Waals surface area (Å²) in [5, 5.41) is 3.00. The Balaban J connectivity index is 1.38. The molecule has 0 atom stereocenters. The number of aromatic nitrogens is 2. The van der Waals surface area contributed by atoms with E-state index in [2.05, 4.69) is 48.0 Å². The van der Waals surface area contributed by atoms with Crippen LogP contribution in [0.1, 0.15) is 40.2 Å². The van der Waals surface area contributed by atoms with Gasteiger partial charge in [0, 0.05) is 12.1 Å². The van der Waals surface area contributed by atoms with Crippen LogP contribution in [0.3, 0.4) is 0 Å². The first kappa shape index (κ1) is 23.4. The largest absolute Gasteiger partial charge is 0.497 e. The zero-order valence-corrected chi connectivity index (χ0v) is 20.0. The third kappa shape index (κ3) is 5.39. The molecule has 0 saturated heterocycles. The van der Waals surface area contributed by atoms with Crippen molar-refractivity contribution < 1.29 is 14.3 Å². The highest BCUT2D eigenvalue weighted by molar-refractivity contribution is 5.94. The number of imidazole rings is 1. The fourth-order valence-electron chi connectivity index (χ4n) is 4.09. The highest BCUT2D eigenvalue weighted by Crippen LogP contribution is 2.23. The molecular formula is C28H31N3O3. The SMILES string of the molecule is COc1ccc(C(=O)NCc2nc3ccccc3n2CCCCOc2c(C)cccc2C)cc1. The second-order valence-electron chi connectivity index (χ2n) is 8.36. The summed E-state index contributed by atoms with van der Waals surface area (Å²) in [6, 6.07) is 21.4. The zero-order chi connectivity index (χ0) is 23.9. The predicted molar refractivity (Wildman–Crippen MR) is 135 cm³/mol. The van der Waals surface area contributed by atoms with Crippen LogP contribution in [0.25, 0.3) is 11.0 Å². The maximum absolute atomic E-state index is 12.6. The second-order valence-corrected chi connectivity index (χ2v) is 8.36. The first-order valence-electron chi connectivity index (χ1n) is 11.6. The number of rotatable bonds is 10. The van der Waals surface area contributed by atoms with Crippen LogP contribution in [0.5, 0.6) is 11.5 Å². The van der Waals surface area contributed by atoms with E-state index in [4.69, 9.17) is 14.5 Å². The van der Waals surface area contributed by atoms with Gasteiger partial charge in [0.15, 0.2) is 0 Å². The van der Waals surface area contributed by atoms with Gasteiger partial charge in [-0.05, 0) is 74.2 Å². The Morgan fingerprint density at radius 3 is 2.41 bits per heavy atom. The second kappa shape index (κ2) is 10.9. The summed E-state index contributed by atoms with van der Waals surface area (Å²) >= 11 is 0. The number of unbranched alkanes of at least 4 members (excludes halogenated alkanes) is 1. The lowest BCUT2D eigenvalue weighted by molar-refractivity contribution is 0.0949. The summed E-state index contributed by atoms with van der Waals surface area (Å²) in [5.74, 6) is 2.42. The maximum atomic E-state index is 12.6. The van der Waals surface area contributed by atoms with Gasteiger partial charge in [0.25, 0.3) is 5.91 Å². The van der Waals surface area contributed by atoms with Gasteiger partial charge in [0.05, 0.1) is 31.3 Å². The first-order valence-corrected chi connectivity index (χ1v) is 11.6. The monoisotopic (exact) mass is 457 g/mol. The first-order chi connectivity index (χ1) is 16.6. The van der Waals surface area contributed by atoms with Crippen molar-refractivity contribution in [2.75, 3.05) is 13.7 Å². The molecule has 0 aliphatic heterocycles. The van der Waals surface area contributed by atoms with Crippen molar-refractivity contribution in [3.63, 3.8) is 0 Å². The Bertz CT molecular complexity index is 1240. The molecule has 0 fully saturated rings. The molecule has 1 heterocycles. The number of fused-ring (bicyclic) bond motifs is 1. The normalized spacial score (nSPS) is 10.9. The molecule has 0 saturated carbocycles. The number of ether oxygens (including phenoxy) is 2. The fraction of sp³-hybridized carbons (Fsp3) is 0.286. The average Bonchev–Trinajstić information content (AvgIpc) is 3.21. The minimum atomic E-state index is -0.136. The van der Waals surface area contributed by atoms with E-state index in [1.54, 1.807) is 31.4 Å². The van der Waals surface area contributed by atoms with Gasteiger partial charge in [-0.15, -0.1) is 0 Å². The molecule has 0 aliphatic rings. The Morgan fingerprint density at radius 1 is 0.941 bits per heavy atom. The van der Waals surface area contributed by atoms with Gasteiger partial charge < -0.3 is 19.4 Å². The number of nitrogens with zero attached hydrogens (tertiary/aromatic N) is 2.